The molecular weight excluding hydrogens is 182 g/mol. The average molecular weight is 192 g/mol. The lowest BCUT2D eigenvalue weighted by atomic mass is 9.93. The van der Waals surface area contributed by atoms with Gasteiger partial charge in [0.25, 0.3) is 0 Å². The van der Waals surface area contributed by atoms with Gasteiger partial charge < -0.3 is 5.32 Å². The summed E-state index contributed by atoms with van der Waals surface area (Å²) in [6.07, 6.45) is 2.31. The van der Waals surface area contributed by atoms with Gasteiger partial charge in [-0.05, 0) is 12.8 Å². The highest BCUT2D eigenvalue weighted by Crippen LogP contribution is 2.26. The number of amides is 1. The zero-order valence-electron chi connectivity index (χ0n) is 5.36. The Morgan fingerprint density at radius 2 is 2.33 bits per heavy atom. The van der Waals surface area contributed by atoms with E-state index in [0.717, 1.165) is 6.42 Å². The second kappa shape index (κ2) is 2.69. The summed E-state index contributed by atoms with van der Waals surface area (Å²) >= 11 is 3.44. The second-order valence-corrected chi connectivity index (χ2v) is 3.58. The molecule has 0 aromatic heterocycles. The molecule has 1 fully saturated rings. The zero-order valence-corrected chi connectivity index (χ0v) is 6.94. The van der Waals surface area contributed by atoms with Gasteiger partial charge in [0, 0.05) is 17.8 Å². The maximum atomic E-state index is 10.5. The minimum Gasteiger partial charge on any atom is -0.352 e. The van der Waals surface area contributed by atoms with Crippen molar-refractivity contribution in [2.24, 2.45) is 0 Å². The fourth-order valence-corrected chi connectivity index (χ4v) is 1.54. The minimum atomic E-state index is 0.0733. The molecule has 0 heterocycles. The Morgan fingerprint density at radius 3 is 2.44 bits per heavy atom. The van der Waals surface area contributed by atoms with Crippen molar-refractivity contribution in [3.05, 3.63) is 0 Å². The highest BCUT2D eigenvalue weighted by atomic mass is 79.9. The quantitative estimate of drug-likeness (QED) is 0.618. The van der Waals surface area contributed by atoms with Gasteiger partial charge in [0.05, 0.1) is 0 Å². The number of hydrogen-bond donors (Lipinski definition) is 1. The Hall–Kier alpha value is -0.0500. The summed E-state index contributed by atoms with van der Waals surface area (Å²) in [7, 11) is 0. The van der Waals surface area contributed by atoms with E-state index >= 15 is 0 Å². The first-order valence-electron chi connectivity index (χ1n) is 3.11. The molecule has 1 saturated carbocycles. The van der Waals surface area contributed by atoms with Crippen LogP contribution in [0.3, 0.4) is 0 Å². The Morgan fingerprint density at radius 1 is 1.67 bits per heavy atom. The summed E-state index contributed by atoms with van der Waals surface area (Å²) in [4.78, 5) is 11.0. The molecule has 0 aromatic carbocycles. The number of hydrogen-bond acceptors (Lipinski definition) is 1. The minimum absolute atomic E-state index is 0.0733. The summed E-state index contributed by atoms with van der Waals surface area (Å²) in [5.74, 6) is 0.0733. The van der Waals surface area contributed by atoms with Gasteiger partial charge in [-0.25, -0.2) is 0 Å². The largest absolute Gasteiger partial charge is 0.352 e. The van der Waals surface area contributed by atoms with Gasteiger partial charge >= 0.3 is 0 Å². The molecule has 0 saturated heterocycles. The molecule has 0 radical (unpaired) electrons. The van der Waals surface area contributed by atoms with Crippen molar-refractivity contribution < 1.29 is 4.79 Å². The molecule has 2 atom stereocenters. The van der Waals surface area contributed by atoms with Gasteiger partial charge in [-0.3, -0.25) is 4.79 Å². The summed E-state index contributed by atoms with van der Waals surface area (Å²) in [6.45, 7) is 1.55. The van der Waals surface area contributed by atoms with E-state index in [9.17, 15) is 4.79 Å². The number of halogens is 1. The Labute approximate surface area is 63.1 Å². The lowest BCUT2D eigenvalue weighted by molar-refractivity contribution is -0.120. The number of carbonyl (C=O) groups is 1. The predicted octanol–water partition coefficient (Wildman–Crippen LogP) is 1.05. The molecule has 9 heavy (non-hydrogen) atoms. The molecule has 0 aromatic rings. The second-order valence-electron chi connectivity index (χ2n) is 2.40. The highest BCUT2D eigenvalue weighted by molar-refractivity contribution is 9.09. The average Bonchev–Trinajstić information content (AvgIpc) is 1.79. The van der Waals surface area contributed by atoms with Crippen LogP contribution in [0.1, 0.15) is 19.8 Å². The molecule has 1 unspecified atom stereocenters. The van der Waals surface area contributed by atoms with E-state index in [1.165, 1.54) is 6.42 Å². The Bertz CT molecular complexity index is 126. The third kappa shape index (κ3) is 1.68. The predicted molar refractivity (Wildman–Crippen MR) is 39.6 cm³/mol. The maximum absolute atomic E-state index is 10.5. The van der Waals surface area contributed by atoms with E-state index in [0.29, 0.717) is 10.9 Å². The monoisotopic (exact) mass is 191 g/mol. The molecule has 1 aliphatic carbocycles. The SMILES string of the molecule is CC(=O)N[C@H]1CCC1Br. The van der Waals surface area contributed by atoms with Gasteiger partial charge in [-0.1, -0.05) is 15.9 Å². The molecule has 0 spiro atoms. The van der Waals surface area contributed by atoms with Gasteiger partial charge in [-0.2, -0.15) is 0 Å². The van der Waals surface area contributed by atoms with Crippen molar-refractivity contribution in [1.29, 1.82) is 0 Å². The summed E-state index contributed by atoms with van der Waals surface area (Å²) in [5.41, 5.74) is 0. The first-order valence-corrected chi connectivity index (χ1v) is 4.03. The number of alkyl halides is 1. The maximum Gasteiger partial charge on any atom is 0.217 e. The molecule has 0 aliphatic heterocycles. The van der Waals surface area contributed by atoms with E-state index < -0.39 is 0 Å². The topological polar surface area (TPSA) is 29.1 Å². The normalized spacial score (nSPS) is 33.1. The van der Waals surface area contributed by atoms with Crippen LogP contribution in [0.15, 0.2) is 0 Å². The number of nitrogens with one attached hydrogen (secondary N) is 1. The van der Waals surface area contributed by atoms with Crippen LogP contribution in [0.5, 0.6) is 0 Å². The first kappa shape index (κ1) is 7.06. The number of rotatable bonds is 1. The van der Waals surface area contributed by atoms with Crippen LogP contribution in [0.4, 0.5) is 0 Å². The van der Waals surface area contributed by atoms with Crippen molar-refractivity contribution in [1.82, 2.24) is 5.32 Å². The van der Waals surface area contributed by atoms with E-state index in [1.54, 1.807) is 6.92 Å². The highest BCUT2D eigenvalue weighted by Gasteiger charge is 2.28. The van der Waals surface area contributed by atoms with Gasteiger partial charge in [0.1, 0.15) is 0 Å². The lowest BCUT2D eigenvalue weighted by Crippen LogP contribution is -2.46. The van der Waals surface area contributed by atoms with Crippen LogP contribution >= 0.6 is 15.9 Å². The van der Waals surface area contributed by atoms with Gasteiger partial charge in [0.2, 0.25) is 5.91 Å². The van der Waals surface area contributed by atoms with E-state index in [2.05, 4.69) is 21.2 Å². The number of carbonyl (C=O) groups excluding carboxylic acids is 1. The zero-order chi connectivity index (χ0) is 6.85. The molecule has 3 heteroatoms. The fourth-order valence-electron chi connectivity index (χ4n) is 0.883. The first-order chi connectivity index (χ1) is 4.20. The summed E-state index contributed by atoms with van der Waals surface area (Å²) < 4.78 is 0. The van der Waals surface area contributed by atoms with Crippen molar-refractivity contribution in [3.8, 4) is 0 Å². The molecule has 0 bridgehead atoms. The summed E-state index contributed by atoms with van der Waals surface area (Å²) in [5, 5.41) is 2.84. The molecule has 1 N–H and O–H groups in total. The molecular formula is C6H10BrNO. The molecule has 1 rings (SSSR count). The Balaban J connectivity index is 2.21. The van der Waals surface area contributed by atoms with Crippen LogP contribution in [0.25, 0.3) is 0 Å². The standard InChI is InChI=1S/C6H10BrNO/c1-4(9)8-6-3-2-5(6)7/h5-6H,2-3H2,1H3,(H,8,9)/t5?,6-/m0/s1. The van der Waals surface area contributed by atoms with Gasteiger partial charge in [-0.15, -0.1) is 0 Å². The van der Waals surface area contributed by atoms with Crippen LogP contribution in [-0.4, -0.2) is 16.8 Å². The van der Waals surface area contributed by atoms with Crippen LogP contribution in [0, 0.1) is 0 Å². The van der Waals surface area contributed by atoms with E-state index in [1.807, 2.05) is 0 Å². The molecule has 2 nitrogen and oxygen atoms in total. The van der Waals surface area contributed by atoms with Crippen LogP contribution < -0.4 is 5.32 Å². The van der Waals surface area contributed by atoms with Crippen molar-refractivity contribution >= 4 is 21.8 Å². The van der Waals surface area contributed by atoms with Gasteiger partial charge in [0.15, 0.2) is 0 Å². The fraction of sp³-hybridized carbons (Fsp3) is 0.833. The third-order valence-corrected chi connectivity index (χ3v) is 2.67. The van der Waals surface area contributed by atoms with Crippen LogP contribution in [0.2, 0.25) is 0 Å². The lowest BCUT2D eigenvalue weighted by Gasteiger charge is -2.32. The molecule has 1 amide bonds. The van der Waals surface area contributed by atoms with E-state index in [4.69, 9.17) is 0 Å². The van der Waals surface area contributed by atoms with Crippen molar-refractivity contribution in [2.75, 3.05) is 0 Å². The third-order valence-electron chi connectivity index (χ3n) is 1.58. The Kier molecular flexibility index (Phi) is 2.11. The van der Waals surface area contributed by atoms with Crippen LogP contribution in [-0.2, 0) is 4.79 Å². The van der Waals surface area contributed by atoms with E-state index in [-0.39, 0.29) is 5.91 Å². The summed E-state index contributed by atoms with van der Waals surface area (Å²) in [6, 6.07) is 0.391. The molecule has 1 aliphatic rings. The van der Waals surface area contributed by atoms with Crippen molar-refractivity contribution in [3.63, 3.8) is 0 Å². The molecule has 52 valence electrons. The van der Waals surface area contributed by atoms with Crippen molar-refractivity contribution in [2.45, 2.75) is 30.6 Å². The smallest absolute Gasteiger partial charge is 0.217 e.